The van der Waals surface area contributed by atoms with E-state index in [1.165, 1.54) is 12.1 Å². The highest BCUT2D eigenvalue weighted by Gasteiger charge is 2.28. The molecule has 0 unspecified atom stereocenters. The summed E-state index contributed by atoms with van der Waals surface area (Å²) in [5.41, 5.74) is 1.94. The van der Waals surface area contributed by atoms with Gasteiger partial charge in [-0.25, -0.2) is 9.13 Å². The number of benzene rings is 5. The molecule has 0 saturated heterocycles. The number of anilines is 2. The molecule has 0 aliphatic carbocycles. The highest BCUT2D eigenvalue weighted by molar-refractivity contribution is 5.98. The lowest BCUT2D eigenvalue weighted by molar-refractivity contribution is 0.288. The molecule has 234 valence electrons. The largest absolute Gasteiger partial charge is 0.471 e. The summed E-state index contributed by atoms with van der Waals surface area (Å²) in [6.45, 7) is 1.53. The van der Waals surface area contributed by atoms with Crippen LogP contribution in [0.1, 0.15) is 11.1 Å². The maximum absolute atomic E-state index is 13.9. The summed E-state index contributed by atoms with van der Waals surface area (Å²) >= 11 is 0. The van der Waals surface area contributed by atoms with Gasteiger partial charge < -0.3 is 19.3 Å². The normalized spacial score (nSPS) is 14.1. The highest BCUT2D eigenvalue weighted by atomic mass is 16.5. The molecular formula is C38H26N4O6. The van der Waals surface area contributed by atoms with E-state index in [1.807, 2.05) is 72.8 Å². The Bertz CT molecular complexity index is 2360. The van der Waals surface area contributed by atoms with E-state index < -0.39 is 22.2 Å². The molecule has 7 aromatic rings. The summed E-state index contributed by atoms with van der Waals surface area (Å²) in [6.07, 6.45) is 0. The van der Waals surface area contributed by atoms with Gasteiger partial charge in [-0.1, -0.05) is 60.7 Å². The highest BCUT2D eigenvalue weighted by Crippen LogP contribution is 2.35. The first-order chi connectivity index (χ1) is 23.5. The SMILES string of the molecule is O=c1c2cc3c(=O)n(-c4cccc5c4OCN(c4ccccc4)C5)c(=O)c3cc2c(=O)n1-c1cccc2c1OCN(c1ccccc1)C2. The van der Waals surface area contributed by atoms with Crippen LogP contribution in [0, 0.1) is 0 Å². The minimum Gasteiger partial charge on any atom is -0.471 e. The van der Waals surface area contributed by atoms with Gasteiger partial charge in [-0.15, -0.1) is 0 Å². The Morgan fingerprint density at radius 2 is 0.812 bits per heavy atom. The number of rotatable bonds is 4. The van der Waals surface area contributed by atoms with E-state index in [0.717, 1.165) is 31.6 Å². The Balaban J connectivity index is 1.13. The number of ether oxygens (including phenoxy) is 2. The van der Waals surface area contributed by atoms with Crippen molar-refractivity contribution in [3.8, 4) is 22.9 Å². The topological polar surface area (TPSA) is 103 Å². The van der Waals surface area contributed by atoms with Crippen molar-refractivity contribution < 1.29 is 9.47 Å². The second-order valence-electron chi connectivity index (χ2n) is 12.0. The quantitative estimate of drug-likeness (QED) is 0.277. The molecule has 9 rings (SSSR count). The molecule has 10 nitrogen and oxygen atoms in total. The number of nitrogens with zero attached hydrogens (tertiary/aromatic N) is 4. The van der Waals surface area contributed by atoms with Crippen LogP contribution in [0.3, 0.4) is 0 Å². The summed E-state index contributed by atoms with van der Waals surface area (Å²) in [7, 11) is 0. The summed E-state index contributed by atoms with van der Waals surface area (Å²) < 4.78 is 14.4. The zero-order valence-corrected chi connectivity index (χ0v) is 25.5. The van der Waals surface area contributed by atoms with Crippen molar-refractivity contribution in [2.75, 3.05) is 23.3 Å². The number of para-hydroxylation sites is 4. The van der Waals surface area contributed by atoms with Gasteiger partial charge in [-0.3, -0.25) is 19.2 Å². The third-order valence-corrected chi connectivity index (χ3v) is 9.22. The van der Waals surface area contributed by atoms with Crippen LogP contribution in [-0.2, 0) is 13.1 Å². The predicted octanol–water partition coefficient (Wildman–Crippen LogP) is 4.60. The maximum atomic E-state index is 13.9. The third kappa shape index (κ3) is 4.12. The minimum absolute atomic E-state index is 0.0610. The fourth-order valence-electron chi connectivity index (χ4n) is 6.89. The fraction of sp³-hybridized carbons (Fsp3) is 0.105. The van der Waals surface area contributed by atoms with Crippen LogP contribution in [0.5, 0.6) is 11.5 Å². The van der Waals surface area contributed by atoms with Gasteiger partial charge >= 0.3 is 0 Å². The third-order valence-electron chi connectivity index (χ3n) is 9.22. The lowest BCUT2D eigenvalue weighted by Gasteiger charge is -2.31. The van der Waals surface area contributed by atoms with Gasteiger partial charge in [0.05, 0.1) is 32.9 Å². The van der Waals surface area contributed by atoms with Crippen molar-refractivity contribution in [1.82, 2.24) is 9.13 Å². The number of fused-ring (bicyclic) bond motifs is 4. The first-order valence-electron chi connectivity index (χ1n) is 15.5. The van der Waals surface area contributed by atoms with Gasteiger partial charge in [-0.05, 0) is 48.5 Å². The van der Waals surface area contributed by atoms with Gasteiger partial charge in [0.15, 0.2) is 25.0 Å². The number of aromatic nitrogens is 2. The van der Waals surface area contributed by atoms with E-state index in [4.69, 9.17) is 9.47 Å². The Labute approximate surface area is 272 Å². The van der Waals surface area contributed by atoms with Crippen LogP contribution in [0.4, 0.5) is 11.4 Å². The molecule has 0 bridgehead atoms. The van der Waals surface area contributed by atoms with Crippen LogP contribution >= 0.6 is 0 Å². The van der Waals surface area contributed by atoms with Crippen LogP contribution in [0.25, 0.3) is 32.9 Å². The average Bonchev–Trinajstić information content (AvgIpc) is 3.53. The van der Waals surface area contributed by atoms with Crippen molar-refractivity contribution in [2.45, 2.75) is 13.1 Å². The molecule has 2 aromatic heterocycles. The molecule has 0 saturated carbocycles. The van der Waals surface area contributed by atoms with Gasteiger partial charge in [0.1, 0.15) is 0 Å². The molecule has 0 radical (unpaired) electrons. The smallest absolute Gasteiger partial charge is 0.266 e. The Kier molecular flexibility index (Phi) is 6.13. The minimum atomic E-state index is -0.583. The van der Waals surface area contributed by atoms with E-state index in [9.17, 15) is 19.2 Å². The molecule has 2 aliphatic rings. The van der Waals surface area contributed by atoms with E-state index >= 15 is 0 Å². The maximum Gasteiger partial charge on any atom is 0.266 e. The molecule has 5 aromatic carbocycles. The zero-order valence-electron chi connectivity index (χ0n) is 25.5. The molecule has 0 atom stereocenters. The summed E-state index contributed by atoms with van der Waals surface area (Å²) in [5.74, 6) is 0.898. The molecule has 0 amide bonds. The van der Waals surface area contributed by atoms with Crippen molar-refractivity contribution in [1.29, 1.82) is 0 Å². The summed E-state index contributed by atoms with van der Waals surface area (Å²) in [6, 6.07) is 33.1. The van der Waals surface area contributed by atoms with Crippen LogP contribution in [-0.4, -0.2) is 22.6 Å². The van der Waals surface area contributed by atoms with Crippen molar-refractivity contribution in [3.63, 3.8) is 0 Å². The predicted molar refractivity (Wildman–Crippen MR) is 184 cm³/mol. The zero-order chi connectivity index (χ0) is 32.5. The Morgan fingerprint density at radius 1 is 0.438 bits per heavy atom. The average molecular weight is 635 g/mol. The van der Waals surface area contributed by atoms with Gasteiger partial charge in [0.2, 0.25) is 0 Å². The summed E-state index contributed by atoms with van der Waals surface area (Å²) in [5, 5.41) is 0.244. The van der Waals surface area contributed by atoms with Crippen molar-refractivity contribution in [2.24, 2.45) is 0 Å². The monoisotopic (exact) mass is 634 g/mol. The second kappa shape index (κ2) is 10.6. The first-order valence-corrected chi connectivity index (χ1v) is 15.5. The van der Waals surface area contributed by atoms with Crippen molar-refractivity contribution in [3.05, 3.63) is 162 Å². The molecule has 0 spiro atoms. The standard InChI is InChI=1S/C38H26N4O6/c43-35-27-17-29-30(38(46)42(37(29)45)32-16-8-10-24-20-40(22-48-34(24)32)26-13-5-2-6-14-26)18-28(27)36(44)41(35)31-15-7-9-23-19-39(21-47-33(23)31)25-11-3-1-4-12-25/h1-18H,19-22H2. The Morgan fingerprint density at radius 3 is 1.19 bits per heavy atom. The van der Waals surface area contributed by atoms with Gasteiger partial charge in [-0.2, -0.15) is 0 Å². The first kappa shape index (κ1) is 27.9. The molecule has 2 aliphatic heterocycles. The molecular weight excluding hydrogens is 608 g/mol. The molecule has 0 N–H and O–H groups in total. The van der Waals surface area contributed by atoms with Gasteiger partial charge in [0, 0.05) is 35.6 Å². The van der Waals surface area contributed by atoms with Crippen LogP contribution in [0.2, 0.25) is 0 Å². The fourth-order valence-corrected chi connectivity index (χ4v) is 6.89. The van der Waals surface area contributed by atoms with Crippen molar-refractivity contribution >= 4 is 32.9 Å². The van der Waals surface area contributed by atoms with Gasteiger partial charge in [0.25, 0.3) is 22.2 Å². The van der Waals surface area contributed by atoms with E-state index in [2.05, 4.69) is 9.80 Å². The lowest BCUT2D eigenvalue weighted by atomic mass is 10.1. The van der Waals surface area contributed by atoms with E-state index in [0.29, 0.717) is 36.0 Å². The lowest BCUT2D eigenvalue weighted by Crippen LogP contribution is -2.33. The van der Waals surface area contributed by atoms with E-state index in [1.54, 1.807) is 24.3 Å². The van der Waals surface area contributed by atoms with Crippen LogP contribution < -0.4 is 41.5 Å². The number of hydrogen-bond donors (Lipinski definition) is 0. The molecule has 4 heterocycles. The second-order valence-corrected chi connectivity index (χ2v) is 12.0. The number of hydrogen-bond acceptors (Lipinski definition) is 8. The molecule has 10 heteroatoms. The summed E-state index contributed by atoms with van der Waals surface area (Å²) in [4.78, 5) is 59.6. The van der Waals surface area contributed by atoms with E-state index in [-0.39, 0.29) is 35.0 Å². The Hall–Kier alpha value is -6.42. The van der Waals surface area contributed by atoms with Crippen LogP contribution in [0.15, 0.2) is 128 Å². The molecule has 48 heavy (non-hydrogen) atoms. The molecule has 0 fully saturated rings.